The van der Waals surface area contributed by atoms with Crippen LogP contribution in [-0.2, 0) is 11.2 Å². The molecule has 0 aliphatic carbocycles. The average molecular weight is 473 g/mol. The first-order chi connectivity index (χ1) is 17.1. The zero-order valence-corrected chi connectivity index (χ0v) is 20.1. The lowest BCUT2D eigenvalue weighted by molar-refractivity contribution is -0.121. The van der Waals surface area contributed by atoms with Gasteiger partial charge in [0, 0.05) is 29.9 Å². The number of aromatic carboxylic acids is 1. The topological polar surface area (TPSA) is 78.9 Å². The van der Waals surface area contributed by atoms with Crippen LogP contribution in [0.25, 0.3) is 0 Å². The Hall–Kier alpha value is -3.80. The molecule has 1 aliphatic rings. The molecular weight excluding hydrogens is 440 g/mol. The van der Waals surface area contributed by atoms with Gasteiger partial charge in [-0.1, -0.05) is 54.6 Å². The number of carbonyl (C=O) groups is 2. The van der Waals surface area contributed by atoms with Crippen LogP contribution in [0, 0.1) is 0 Å². The van der Waals surface area contributed by atoms with E-state index in [0.717, 1.165) is 29.9 Å². The molecule has 35 heavy (non-hydrogen) atoms. The molecule has 0 radical (unpaired) electrons. The molecule has 3 aromatic rings. The smallest absolute Gasteiger partial charge is 0.335 e. The molecule has 6 nitrogen and oxygen atoms in total. The normalized spacial score (nSPS) is 14.3. The number of benzene rings is 3. The quantitative estimate of drug-likeness (QED) is 0.446. The summed E-state index contributed by atoms with van der Waals surface area (Å²) >= 11 is 0. The Bertz CT molecular complexity index is 1160. The zero-order chi connectivity index (χ0) is 24.6. The Morgan fingerprint density at radius 2 is 1.69 bits per heavy atom. The van der Waals surface area contributed by atoms with Crippen LogP contribution < -0.4 is 15.0 Å². The van der Waals surface area contributed by atoms with Gasteiger partial charge in [-0.3, -0.25) is 4.79 Å². The van der Waals surface area contributed by atoms with E-state index in [1.165, 1.54) is 31.4 Å². The van der Waals surface area contributed by atoms with E-state index in [1.807, 2.05) is 43.3 Å². The number of rotatable bonds is 9. The van der Waals surface area contributed by atoms with E-state index in [2.05, 4.69) is 28.4 Å². The number of nitrogens with one attached hydrogen (secondary N) is 1. The fraction of sp³-hybridized carbons (Fsp3) is 0.310. The Balaban J connectivity index is 1.63. The summed E-state index contributed by atoms with van der Waals surface area (Å²) in [6.45, 7) is 4.24. The Kier molecular flexibility index (Phi) is 8.03. The molecule has 1 fully saturated rings. The highest BCUT2D eigenvalue weighted by molar-refractivity contribution is 5.89. The van der Waals surface area contributed by atoms with E-state index in [4.69, 9.17) is 4.74 Å². The highest BCUT2D eigenvalue weighted by Gasteiger charge is 2.24. The van der Waals surface area contributed by atoms with Crippen molar-refractivity contribution in [3.8, 4) is 5.75 Å². The van der Waals surface area contributed by atoms with Crippen LogP contribution in [0.3, 0.4) is 0 Å². The van der Waals surface area contributed by atoms with Gasteiger partial charge >= 0.3 is 5.97 Å². The molecule has 6 heteroatoms. The number of piperidine rings is 1. The van der Waals surface area contributed by atoms with Gasteiger partial charge in [0.1, 0.15) is 5.75 Å². The van der Waals surface area contributed by atoms with E-state index >= 15 is 0 Å². The fourth-order valence-electron chi connectivity index (χ4n) is 4.65. The second-order valence-electron chi connectivity index (χ2n) is 8.76. The van der Waals surface area contributed by atoms with Gasteiger partial charge in [-0.2, -0.15) is 0 Å². The maximum Gasteiger partial charge on any atom is 0.335 e. The molecule has 1 saturated heterocycles. The molecule has 1 amide bonds. The molecule has 1 unspecified atom stereocenters. The van der Waals surface area contributed by atoms with E-state index in [9.17, 15) is 14.7 Å². The molecule has 3 aromatic carbocycles. The highest BCUT2D eigenvalue weighted by atomic mass is 16.5. The zero-order valence-electron chi connectivity index (χ0n) is 20.1. The van der Waals surface area contributed by atoms with E-state index < -0.39 is 5.97 Å². The number of para-hydroxylation sites is 1. The number of carbonyl (C=O) groups excluding carboxylic acids is 1. The third kappa shape index (κ3) is 6.01. The number of hydrogen-bond acceptors (Lipinski definition) is 4. The molecule has 1 atom stereocenters. The van der Waals surface area contributed by atoms with Crippen LogP contribution in [0.4, 0.5) is 5.69 Å². The SMILES string of the molecule is CCOc1cc(C(=O)O)ccc1CC(=O)NC(c1ccccc1)c1ccccc1N1CCCCC1. The minimum absolute atomic E-state index is 0.0877. The number of carboxylic acids is 1. The number of ether oxygens (including phenoxy) is 1. The second kappa shape index (κ2) is 11.6. The van der Waals surface area contributed by atoms with Crippen molar-refractivity contribution >= 4 is 17.6 Å². The van der Waals surface area contributed by atoms with Crippen molar-refractivity contribution in [1.82, 2.24) is 5.32 Å². The van der Waals surface area contributed by atoms with Crippen molar-refractivity contribution in [2.24, 2.45) is 0 Å². The van der Waals surface area contributed by atoms with Gasteiger partial charge in [0.25, 0.3) is 0 Å². The van der Waals surface area contributed by atoms with Crippen molar-refractivity contribution in [3.63, 3.8) is 0 Å². The monoisotopic (exact) mass is 472 g/mol. The van der Waals surface area contributed by atoms with Crippen LogP contribution in [0.2, 0.25) is 0 Å². The third-order valence-electron chi connectivity index (χ3n) is 6.35. The van der Waals surface area contributed by atoms with Crippen molar-refractivity contribution in [1.29, 1.82) is 0 Å². The number of nitrogens with zero attached hydrogens (tertiary/aromatic N) is 1. The van der Waals surface area contributed by atoms with E-state index in [0.29, 0.717) is 17.9 Å². The molecule has 0 aromatic heterocycles. The summed E-state index contributed by atoms with van der Waals surface area (Å²) in [4.78, 5) is 27.1. The number of carboxylic acid groups (broad SMARTS) is 1. The summed E-state index contributed by atoms with van der Waals surface area (Å²) in [6.07, 6.45) is 3.68. The van der Waals surface area contributed by atoms with Crippen LogP contribution >= 0.6 is 0 Å². The summed E-state index contributed by atoms with van der Waals surface area (Å²) in [5.41, 5.74) is 4.03. The van der Waals surface area contributed by atoms with Gasteiger partial charge in [0.2, 0.25) is 5.91 Å². The van der Waals surface area contributed by atoms with Crippen molar-refractivity contribution in [2.75, 3.05) is 24.6 Å². The van der Waals surface area contributed by atoms with Crippen molar-refractivity contribution in [2.45, 2.75) is 38.6 Å². The molecule has 1 heterocycles. The number of amides is 1. The first-order valence-electron chi connectivity index (χ1n) is 12.2. The molecule has 2 N–H and O–H groups in total. The predicted octanol–water partition coefficient (Wildman–Crippen LogP) is 5.22. The van der Waals surface area contributed by atoms with Crippen LogP contribution in [0.5, 0.6) is 5.75 Å². The van der Waals surface area contributed by atoms with Crippen molar-refractivity contribution < 1.29 is 19.4 Å². The molecule has 0 spiro atoms. The molecule has 4 rings (SSSR count). The van der Waals surface area contributed by atoms with Crippen molar-refractivity contribution in [3.05, 3.63) is 95.1 Å². The molecule has 182 valence electrons. The minimum atomic E-state index is -1.03. The Morgan fingerprint density at radius 3 is 2.40 bits per heavy atom. The minimum Gasteiger partial charge on any atom is -0.494 e. The average Bonchev–Trinajstić information content (AvgIpc) is 2.89. The van der Waals surface area contributed by atoms with E-state index in [-0.39, 0.29) is 23.9 Å². The Morgan fingerprint density at radius 1 is 0.971 bits per heavy atom. The molecular formula is C29H32N2O4. The number of anilines is 1. The van der Waals surface area contributed by atoms with Crippen LogP contribution in [-0.4, -0.2) is 36.7 Å². The van der Waals surface area contributed by atoms with E-state index in [1.54, 1.807) is 6.07 Å². The van der Waals surface area contributed by atoms with Gasteiger partial charge in [0.15, 0.2) is 0 Å². The Labute approximate surface area is 206 Å². The van der Waals surface area contributed by atoms with Gasteiger partial charge < -0.3 is 20.1 Å². The van der Waals surface area contributed by atoms with Crippen LogP contribution in [0.15, 0.2) is 72.8 Å². The largest absolute Gasteiger partial charge is 0.494 e. The fourth-order valence-corrected chi connectivity index (χ4v) is 4.65. The third-order valence-corrected chi connectivity index (χ3v) is 6.35. The number of hydrogen-bond donors (Lipinski definition) is 2. The molecule has 0 bridgehead atoms. The van der Waals surface area contributed by atoms with Gasteiger partial charge in [-0.05, 0) is 49.9 Å². The van der Waals surface area contributed by atoms with Gasteiger partial charge in [-0.25, -0.2) is 4.79 Å². The maximum absolute atomic E-state index is 13.3. The highest BCUT2D eigenvalue weighted by Crippen LogP contribution is 2.33. The van der Waals surface area contributed by atoms with Gasteiger partial charge in [-0.15, -0.1) is 0 Å². The molecule has 1 aliphatic heterocycles. The molecule has 0 saturated carbocycles. The summed E-state index contributed by atoms with van der Waals surface area (Å²) in [5.74, 6) is -0.760. The maximum atomic E-state index is 13.3. The summed E-state index contributed by atoms with van der Waals surface area (Å²) in [6, 6.07) is 22.6. The standard InChI is InChI=1S/C29H32N2O4/c1-2-35-26-19-23(29(33)34)16-15-22(26)20-27(32)30-28(21-11-5-3-6-12-21)24-13-7-8-14-25(24)31-17-9-4-10-18-31/h3,5-8,11-16,19,28H,2,4,9-10,17-18,20H2,1H3,(H,30,32)(H,33,34). The lowest BCUT2D eigenvalue weighted by atomic mass is 9.95. The second-order valence-corrected chi connectivity index (χ2v) is 8.76. The predicted molar refractivity (Wildman–Crippen MR) is 137 cm³/mol. The summed E-state index contributed by atoms with van der Waals surface area (Å²) < 4.78 is 5.65. The summed E-state index contributed by atoms with van der Waals surface area (Å²) in [5, 5.41) is 12.6. The first-order valence-corrected chi connectivity index (χ1v) is 12.2. The first kappa shape index (κ1) is 24.3. The lowest BCUT2D eigenvalue weighted by Crippen LogP contribution is -2.34. The lowest BCUT2D eigenvalue weighted by Gasteiger charge is -2.33. The van der Waals surface area contributed by atoms with Crippen LogP contribution in [0.1, 0.15) is 59.3 Å². The van der Waals surface area contributed by atoms with Gasteiger partial charge in [0.05, 0.1) is 24.6 Å². The summed E-state index contributed by atoms with van der Waals surface area (Å²) in [7, 11) is 0.